The first-order chi connectivity index (χ1) is 5.86. The zero-order valence-corrected chi connectivity index (χ0v) is 8.39. The Hall–Kier alpha value is -0.0400. The van der Waals surface area contributed by atoms with Gasteiger partial charge in [0.15, 0.2) is 0 Å². The predicted octanol–water partition coefficient (Wildman–Crippen LogP) is 2.94. The lowest BCUT2D eigenvalue weighted by Crippen LogP contribution is -2.11. The molecule has 0 bridgehead atoms. The van der Waals surface area contributed by atoms with E-state index in [4.69, 9.17) is 5.73 Å². The van der Waals surface area contributed by atoms with Crippen LogP contribution in [0.25, 0.3) is 0 Å². The van der Waals surface area contributed by atoms with Crippen LogP contribution in [0.1, 0.15) is 51.9 Å². The maximum Gasteiger partial charge on any atom is -0.00746 e. The molecular weight excluding hydrogens is 146 g/mol. The Balaban J connectivity index is 2.31. The van der Waals surface area contributed by atoms with Gasteiger partial charge in [-0.1, -0.05) is 39.0 Å². The molecule has 0 aliphatic heterocycles. The highest BCUT2D eigenvalue weighted by molar-refractivity contribution is 4.70. The number of nitrogens with two attached hydrogens (primary N) is 1. The molecule has 0 heterocycles. The van der Waals surface area contributed by atoms with E-state index >= 15 is 0 Å². The summed E-state index contributed by atoms with van der Waals surface area (Å²) < 4.78 is 0. The summed E-state index contributed by atoms with van der Waals surface area (Å²) in [5, 5.41) is 0. The molecule has 2 unspecified atom stereocenters. The van der Waals surface area contributed by atoms with Crippen LogP contribution in [0.2, 0.25) is 0 Å². The van der Waals surface area contributed by atoms with Crippen LogP contribution in [0.4, 0.5) is 0 Å². The Morgan fingerprint density at radius 1 is 1.17 bits per heavy atom. The normalized spacial score (nSPS) is 31.5. The van der Waals surface area contributed by atoms with E-state index in [0.717, 1.165) is 18.4 Å². The molecule has 1 nitrogen and oxygen atoms in total. The first kappa shape index (κ1) is 10.0. The lowest BCUT2D eigenvalue weighted by atomic mass is 9.89. The second-order valence-corrected chi connectivity index (χ2v) is 4.24. The van der Waals surface area contributed by atoms with Crippen LogP contribution in [0.15, 0.2) is 0 Å². The van der Waals surface area contributed by atoms with Crippen molar-refractivity contribution >= 4 is 0 Å². The van der Waals surface area contributed by atoms with Crippen molar-refractivity contribution in [2.75, 3.05) is 6.54 Å². The third kappa shape index (κ3) is 3.14. The van der Waals surface area contributed by atoms with E-state index in [-0.39, 0.29) is 0 Å². The van der Waals surface area contributed by atoms with Gasteiger partial charge < -0.3 is 5.73 Å². The van der Waals surface area contributed by atoms with Gasteiger partial charge in [0.05, 0.1) is 0 Å². The number of rotatable bonds is 3. The molecule has 0 spiro atoms. The highest BCUT2D eigenvalue weighted by atomic mass is 14.5. The zero-order chi connectivity index (χ0) is 8.81. The lowest BCUT2D eigenvalue weighted by molar-refractivity contribution is 0.353. The van der Waals surface area contributed by atoms with Crippen LogP contribution in [-0.4, -0.2) is 6.54 Å². The van der Waals surface area contributed by atoms with Crippen molar-refractivity contribution in [1.29, 1.82) is 0 Å². The van der Waals surface area contributed by atoms with Crippen molar-refractivity contribution in [3.8, 4) is 0 Å². The fourth-order valence-corrected chi connectivity index (χ4v) is 2.44. The molecule has 0 aromatic rings. The minimum absolute atomic E-state index is 0.890. The van der Waals surface area contributed by atoms with E-state index < -0.39 is 0 Å². The molecular formula is C11H23N. The maximum absolute atomic E-state index is 5.60. The first-order valence-electron chi connectivity index (χ1n) is 5.56. The minimum Gasteiger partial charge on any atom is -0.330 e. The van der Waals surface area contributed by atoms with E-state index in [0.29, 0.717) is 0 Å². The quantitative estimate of drug-likeness (QED) is 0.646. The largest absolute Gasteiger partial charge is 0.330 e. The smallest absolute Gasteiger partial charge is 0.00746 e. The molecule has 1 saturated carbocycles. The number of hydrogen-bond acceptors (Lipinski definition) is 1. The monoisotopic (exact) mass is 169 g/mol. The van der Waals surface area contributed by atoms with E-state index in [2.05, 4.69) is 6.92 Å². The molecule has 1 rings (SSSR count). The summed E-state index contributed by atoms with van der Waals surface area (Å²) >= 11 is 0. The zero-order valence-electron chi connectivity index (χ0n) is 8.39. The van der Waals surface area contributed by atoms with Gasteiger partial charge >= 0.3 is 0 Å². The maximum atomic E-state index is 5.60. The van der Waals surface area contributed by atoms with Crippen molar-refractivity contribution in [2.45, 2.75) is 51.9 Å². The van der Waals surface area contributed by atoms with E-state index in [1.807, 2.05) is 0 Å². The van der Waals surface area contributed by atoms with Gasteiger partial charge in [-0.2, -0.15) is 0 Å². The fourth-order valence-electron chi connectivity index (χ4n) is 2.44. The van der Waals surface area contributed by atoms with Gasteiger partial charge in [0, 0.05) is 0 Å². The molecule has 0 radical (unpaired) electrons. The van der Waals surface area contributed by atoms with Crippen LogP contribution in [-0.2, 0) is 0 Å². The summed E-state index contributed by atoms with van der Waals surface area (Å²) in [6.45, 7) is 3.22. The van der Waals surface area contributed by atoms with Gasteiger partial charge in [0.1, 0.15) is 0 Å². The fraction of sp³-hybridized carbons (Fsp3) is 1.00. The third-order valence-electron chi connectivity index (χ3n) is 3.29. The Bertz CT molecular complexity index is 112. The van der Waals surface area contributed by atoms with Gasteiger partial charge in [-0.25, -0.2) is 0 Å². The molecule has 1 aliphatic rings. The molecule has 1 aliphatic carbocycles. The molecule has 72 valence electrons. The van der Waals surface area contributed by atoms with E-state index in [9.17, 15) is 0 Å². The molecule has 0 amide bonds. The van der Waals surface area contributed by atoms with Crippen LogP contribution < -0.4 is 5.73 Å². The molecule has 1 heteroatoms. The summed E-state index contributed by atoms with van der Waals surface area (Å²) in [6, 6.07) is 0. The van der Waals surface area contributed by atoms with E-state index in [1.165, 1.54) is 44.9 Å². The summed E-state index contributed by atoms with van der Waals surface area (Å²) in [5.74, 6) is 1.95. The van der Waals surface area contributed by atoms with Crippen molar-refractivity contribution < 1.29 is 0 Å². The summed E-state index contributed by atoms with van der Waals surface area (Å²) in [5.41, 5.74) is 5.60. The molecule has 2 N–H and O–H groups in total. The van der Waals surface area contributed by atoms with Crippen molar-refractivity contribution in [1.82, 2.24) is 0 Å². The first-order valence-corrected chi connectivity index (χ1v) is 5.56. The Labute approximate surface area is 76.7 Å². The minimum atomic E-state index is 0.890. The Morgan fingerprint density at radius 3 is 2.42 bits per heavy atom. The topological polar surface area (TPSA) is 26.0 Å². The highest BCUT2D eigenvalue weighted by Crippen LogP contribution is 2.30. The van der Waals surface area contributed by atoms with Crippen molar-refractivity contribution in [3.05, 3.63) is 0 Å². The lowest BCUT2D eigenvalue weighted by Gasteiger charge is -2.17. The summed E-state index contributed by atoms with van der Waals surface area (Å²) in [6.07, 6.45) is 9.90. The van der Waals surface area contributed by atoms with Crippen LogP contribution in [0, 0.1) is 11.8 Å². The van der Waals surface area contributed by atoms with Gasteiger partial charge in [-0.05, 0) is 31.2 Å². The van der Waals surface area contributed by atoms with Gasteiger partial charge in [-0.3, -0.25) is 0 Å². The van der Waals surface area contributed by atoms with Gasteiger partial charge in [-0.15, -0.1) is 0 Å². The van der Waals surface area contributed by atoms with Crippen LogP contribution in [0.3, 0.4) is 0 Å². The molecule has 2 atom stereocenters. The number of hydrogen-bond donors (Lipinski definition) is 1. The Kier molecular flexibility index (Phi) is 4.67. The van der Waals surface area contributed by atoms with Crippen molar-refractivity contribution in [3.63, 3.8) is 0 Å². The molecule has 0 aromatic heterocycles. The third-order valence-corrected chi connectivity index (χ3v) is 3.29. The van der Waals surface area contributed by atoms with Gasteiger partial charge in [0.25, 0.3) is 0 Å². The highest BCUT2D eigenvalue weighted by Gasteiger charge is 2.17. The average molecular weight is 169 g/mol. The molecule has 12 heavy (non-hydrogen) atoms. The van der Waals surface area contributed by atoms with E-state index in [1.54, 1.807) is 0 Å². The van der Waals surface area contributed by atoms with Crippen LogP contribution in [0.5, 0.6) is 0 Å². The molecule has 1 fully saturated rings. The second-order valence-electron chi connectivity index (χ2n) is 4.24. The Morgan fingerprint density at radius 2 is 1.83 bits per heavy atom. The summed E-state index contributed by atoms with van der Waals surface area (Å²) in [7, 11) is 0. The average Bonchev–Trinajstić information content (AvgIpc) is 2.30. The molecule has 0 aromatic carbocycles. The standard InChI is InChI=1S/C11H23N/c1-2-10-5-3-4-6-11(9-10)7-8-12/h10-11H,2-9,12H2,1H3. The molecule has 0 saturated heterocycles. The SMILES string of the molecule is CCC1CCCCC(CCN)C1. The second kappa shape index (κ2) is 5.58. The van der Waals surface area contributed by atoms with Gasteiger partial charge in [0.2, 0.25) is 0 Å². The predicted molar refractivity (Wildman–Crippen MR) is 54.0 cm³/mol. The van der Waals surface area contributed by atoms with Crippen LogP contribution >= 0.6 is 0 Å². The summed E-state index contributed by atoms with van der Waals surface area (Å²) in [4.78, 5) is 0. The van der Waals surface area contributed by atoms with Crippen molar-refractivity contribution in [2.24, 2.45) is 17.6 Å².